The summed E-state index contributed by atoms with van der Waals surface area (Å²) >= 11 is 5.18. The average molecular weight is 165 g/mol. The molecule has 1 nitrogen and oxygen atoms in total. The van der Waals surface area contributed by atoms with Gasteiger partial charge in [-0.15, -0.1) is 0 Å². The molecule has 0 aromatic carbocycles. The molecule has 0 N–H and O–H groups in total. The molecule has 0 aromatic heterocycles. The van der Waals surface area contributed by atoms with Gasteiger partial charge in [0, 0.05) is 0 Å². The third-order valence-electron chi connectivity index (χ3n) is 1.10. The molecule has 1 aliphatic carbocycles. The summed E-state index contributed by atoms with van der Waals surface area (Å²) in [4.78, 5) is 10.4. The molecule has 4 heteroatoms. The Labute approximate surface area is 61.0 Å². The number of carbonyl (C=O) groups is 1. The van der Waals surface area contributed by atoms with E-state index >= 15 is 0 Å². The first-order valence-corrected chi connectivity index (χ1v) is 2.92. The predicted molar refractivity (Wildman–Crippen MR) is 33.0 cm³/mol. The van der Waals surface area contributed by atoms with Crippen LogP contribution in [0.2, 0.25) is 0 Å². The predicted octanol–water partition coefficient (Wildman–Crippen LogP) is 1.88. The van der Waals surface area contributed by atoms with Gasteiger partial charge in [0.25, 0.3) is 0 Å². The highest BCUT2D eigenvalue weighted by Crippen LogP contribution is 2.21. The summed E-state index contributed by atoms with van der Waals surface area (Å²) in [5.41, 5.74) is 0. The Morgan fingerprint density at radius 1 is 1.50 bits per heavy atom. The zero-order valence-corrected chi connectivity index (χ0v) is 5.53. The normalized spacial score (nSPS) is 25.9. The molecular weight excluding hydrogens is 162 g/mol. The van der Waals surface area contributed by atoms with Crippen LogP contribution in [0, 0.1) is 0 Å². The van der Waals surface area contributed by atoms with E-state index < -0.39 is 17.8 Å². The van der Waals surface area contributed by atoms with Crippen molar-refractivity contribution in [1.29, 1.82) is 0 Å². The molecule has 10 heavy (non-hydrogen) atoms. The molecule has 0 spiro atoms. The van der Waals surface area contributed by atoms with Crippen molar-refractivity contribution in [3.63, 3.8) is 0 Å². The third-order valence-corrected chi connectivity index (χ3v) is 1.41. The molecule has 1 aliphatic rings. The molecule has 0 saturated carbocycles. The first-order valence-electron chi connectivity index (χ1n) is 2.54. The van der Waals surface area contributed by atoms with Crippen LogP contribution in [-0.2, 0) is 4.79 Å². The van der Waals surface area contributed by atoms with Crippen LogP contribution >= 0.6 is 11.6 Å². The number of Topliss-reactive ketones (excluding diaryl/α,β-unsaturated/α-hetero) is 1. The smallest absolute Gasteiger partial charge is 0.230 e. The Hall–Kier alpha value is -0.700. The SMILES string of the molecule is O=C1C(F)=CC=C(Cl)C1F. The van der Waals surface area contributed by atoms with Gasteiger partial charge >= 0.3 is 0 Å². The first kappa shape index (κ1) is 7.41. The summed E-state index contributed by atoms with van der Waals surface area (Å²) in [5, 5.41) is -0.272. The van der Waals surface area contributed by atoms with Gasteiger partial charge < -0.3 is 0 Å². The van der Waals surface area contributed by atoms with Crippen molar-refractivity contribution in [3.8, 4) is 0 Å². The Balaban J connectivity index is 2.97. The summed E-state index contributed by atoms with van der Waals surface area (Å²) in [5.74, 6) is -2.29. The number of hydrogen-bond acceptors (Lipinski definition) is 1. The summed E-state index contributed by atoms with van der Waals surface area (Å²) in [6.45, 7) is 0. The molecule has 0 radical (unpaired) electrons. The lowest BCUT2D eigenvalue weighted by Crippen LogP contribution is -2.18. The van der Waals surface area contributed by atoms with Gasteiger partial charge in [0.2, 0.25) is 12.0 Å². The maximum Gasteiger partial charge on any atom is 0.230 e. The quantitative estimate of drug-likeness (QED) is 0.534. The van der Waals surface area contributed by atoms with Crippen molar-refractivity contribution in [2.24, 2.45) is 0 Å². The van der Waals surface area contributed by atoms with Gasteiger partial charge in [-0.05, 0) is 12.2 Å². The molecule has 54 valence electrons. The van der Waals surface area contributed by atoms with E-state index in [1.54, 1.807) is 0 Å². The summed E-state index contributed by atoms with van der Waals surface area (Å²) < 4.78 is 24.6. The topological polar surface area (TPSA) is 17.1 Å². The number of halogens is 3. The van der Waals surface area contributed by atoms with Crippen LogP contribution in [0.25, 0.3) is 0 Å². The highest BCUT2D eigenvalue weighted by Gasteiger charge is 2.27. The van der Waals surface area contributed by atoms with Crippen molar-refractivity contribution in [1.82, 2.24) is 0 Å². The molecule has 0 fully saturated rings. The Bertz CT molecular complexity index is 230. The van der Waals surface area contributed by atoms with Crippen LogP contribution < -0.4 is 0 Å². The first-order chi connectivity index (χ1) is 4.63. The second-order valence-electron chi connectivity index (χ2n) is 1.79. The minimum absolute atomic E-state index is 0.272. The van der Waals surface area contributed by atoms with Crippen molar-refractivity contribution in [3.05, 3.63) is 23.0 Å². The Morgan fingerprint density at radius 3 is 2.60 bits per heavy atom. The van der Waals surface area contributed by atoms with Gasteiger partial charge in [-0.2, -0.15) is 0 Å². The average Bonchev–Trinajstić information content (AvgIpc) is 1.93. The largest absolute Gasteiger partial charge is 0.288 e. The lowest BCUT2D eigenvalue weighted by atomic mass is 10.1. The Morgan fingerprint density at radius 2 is 2.10 bits per heavy atom. The van der Waals surface area contributed by atoms with Gasteiger partial charge in [-0.3, -0.25) is 4.79 Å². The van der Waals surface area contributed by atoms with E-state index in [4.69, 9.17) is 11.6 Å². The monoisotopic (exact) mass is 164 g/mol. The van der Waals surface area contributed by atoms with Crippen LogP contribution in [0.15, 0.2) is 23.0 Å². The molecular formula is C6H3ClF2O. The number of carbonyl (C=O) groups excluding carboxylic acids is 1. The summed E-state index contributed by atoms with van der Waals surface area (Å²) in [6.07, 6.45) is -0.129. The molecule has 0 saturated heterocycles. The van der Waals surface area contributed by atoms with Crippen molar-refractivity contribution < 1.29 is 13.6 Å². The molecule has 1 rings (SSSR count). The zero-order valence-electron chi connectivity index (χ0n) is 4.77. The number of allylic oxidation sites excluding steroid dienone is 4. The van der Waals surface area contributed by atoms with E-state index in [9.17, 15) is 13.6 Å². The number of alkyl halides is 1. The van der Waals surface area contributed by atoms with E-state index in [-0.39, 0.29) is 5.03 Å². The van der Waals surface area contributed by atoms with Crippen LogP contribution in [-0.4, -0.2) is 12.0 Å². The highest BCUT2D eigenvalue weighted by atomic mass is 35.5. The maximum absolute atomic E-state index is 12.4. The summed E-state index contributed by atoms with van der Waals surface area (Å²) in [7, 11) is 0. The van der Waals surface area contributed by atoms with Crippen LogP contribution in [0.3, 0.4) is 0 Å². The second kappa shape index (κ2) is 2.50. The van der Waals surface area contributed by atoms with Gasteiger partial charge in [0.05, 0.1) is 5.03 Å². The summed E-state index contributed by atoms with van der Waals surface area (Å²) in [6, 6.07) is 0. The van der Waals surface area contributed by atoms with Gasteiger partial charge in [0.1, 0.15) is 0 Å². The minimum atomic E-state index is -2.01. The molecule has 1 unspecified atom stereocenters. The van der Waals surface area contributed by atoms with Gasteiger partial charge in [-0.1, -0.05) is 11.6 Å². The van der Waals surface area contributed by atoms with Crippen molar-refractivity contribution in [2.45, 2.75) is 6.17 Å². The maximum atomic E-state index is 12.4. The fourth-order valence-corrected chi connectivity index (χ4v) is 0.728. The van der Waals surface area contributed by atoms with E-state index in [0.717, 1.165) is 12.2 Å². The fraction of sp³-hybridized carbons (Fsp3) is 0.167. The molecule has 1 atom stereocenters. The van der Waals surface area contributed by atoms with Crippen molar-refractivity contribution in [2.75, 3.05) is 0 Å². The van der Waals surface area contributed by atoms with Crippen LogP contribution in [0.4, 0.5) is 8.78 Å². The van der Waals surface area contributed by atoms with Gasteiger partial charge in [-0.25, -0.2) is 8.78 Å². The molecule has 0 bridgehead atoms. The number of ketones is 1. The van der Waals surface area contributed by atoms with E-state index in [0.29, 0.717) is 0 Å². The van der Waals surface area contributed by atoms with Crippen LogP contribution in [0.1, 0.15) is 0 Å². The van der Waals surface area contributed by atoms with E-state index in [2.05, 4.69) is 0 Å². The highest BCUT2D eigenvalue weighted by molar-refractivity contribution is 6.33. The number of hydrogen-bond donors (Lipinski definition) is 0. The molecule has 0 amide bonds. The second-order valence-corrected chi connectivity index (χ2v) is 2.23. The molecule has 0 aliphatic heterocycles. The van der Waals surface area contributed by atoms with Crippen molar-refractivity contribution >= 4 is 17.4 Å². The minimum Gasteiger partial charge on any atom is -0.288 e. The lowest BCUT2D eigenvalue weighted by Gasteiger charge is -2.06. The number of rotatable bonds is 0. The standard InChI is InChI=1S/C6H3ClF2O/c7-3-1-2-4(8)6(10)5(3)9/h1-2,5H. The van der Waals surface area contributed by atoms with Gasteiger partial charge in [0.15, 0.2) is 5.83 Å². The lowest BCUT2D eigenvalue weighted by molar-refractivity contribution is -0.120. The van der Waals surface area contributed by atoms with E-state index in [1.807, 2.05) is 0 Å². The molecule has 0 aromatic rings. The third kappa shape index (κ3) is 1.09. The van der Waals surface area contributed by atoms with Crippen LogP contribution in [0.5, 0.6) is 0 Å². The molecule has 0 heterocycles. The zero-order chi connectivity index (χ0) is 7.72. The Kier molecular flexibility index (Phi) is 1.85. The van der Waals surface area contributed by atoms with E-state index in [1.165, 1.54) is 0 Å². The fourth-order valence-electron chi connectivity index (χ4n) is 0.566.